The first kappa shape index (κ1) is 14.6. The lowest BCUT2D eigenvalue weighted by atomic mass is 10.1. The van der Waals surface area contributed by atoms with Crippen LogP contribution in [0, 0.1) is 11.3 Å². The Hall–Kier alpha value is -2.80. The van der Waals surface area contributed by atoms with Gasteiger partial charge in [-0.1, -0.05) is 30.3 Å². The molecule has 4 nitrogen and oxygen atoms in total. The number of anilines is 1. The third kappa shape index (κ3) is 4.36. The van der Waals surface area contributed by atoms with Crippen LogP contribution < -0.4 is 11.1 Å². The van der Waals surface area contributed by atoms with Crippen LogP contribution >= 0.6 is 0 Å². The molecule has 3 N–H and O–H groups in total. The van der Waals surface area contributed by atoms with Crippen molar-refractivity contribution >= 4 is 11.6 Å². The van der Waals surface area contributed by atoms with Crippen molar-refractivity contribution in [2.45, 2.75) is 19.4 Å². The Labute approximate surface area is 124 Å². The van der Waals surface area contributed by atoms with Gasteiger partial charge >= 0.3 is 0 Å². The monoisotopic (exact) mass is 279 g/mol. The number of benzene rings is 2. The second-order valence-corrected chi connectivity index (χ2v) is 4.78. The maximum atomic E-state index is 11.8. The lowest BCUT2D eigenvalue weighted by Gasteiger charge is -2.07. The largest absolute Gasteiger partial charge is 0.399 e. The van der Waals surface area contributed by atoms with E-state index in [9.17, 15) is 4.79 Å². The molecule has 106 valence electrons. The van der Waals surface area contributed by atoms with E-state index in [1.807, 2.05) is 36.4 Å². The van der Waals surface area contributed by atoms with Gasteiger partial charge < -0.3 is 11.1 Å². The molecule has 2 rings (SSSR count). The fourth-order valence-electron chi connectivity index (χ4n) is 2.00. The summed E-state index contributed by atoms with van der Waals surface area (Å²) in [6.07, 6.45) is 1.04. The van der Waals surface area contributed by atoms with Gasteiger partial charge in [0.15, 0.2) is 0 Å². The Bertz CT molecular complexity index is 656. The summed E-state index contributed by atoms with van der Waals surface area (Å²) in [4.78, 5) is 11.8. The molecule has 4 heteroatoms. The van der Waals surface area contributed by atoms with Gasteiger partial charge in [-0.3, -0.25) is 4.79 Å². The van der Waals surface area contributed by atoms with E-state index in [1.165, 1.54) is 0 Å². The van der Waals surface area contributed by atoms with Gasteiger partial charge in [0, 0.05) is 18.7 Å². The Morgan fingerprint density at radius 2 is 1.86 bits per heavy atom. The highest BCUT2D eigenvalue weighted by Gasteiger charge is 2.04. The van der Waals surface area contributed by atoms with Crippen LogP contribution in [-0.2, 0) is 17.8 Å². The van der Waals surface area contributed by atoms with E-state index in [1.54, 1.807) is 12.1 Å². The van der Waals surface area contributed by atoms with Crippen molar-refractivity contribution in [3.05, 3.63) is 65.2 Å². The van der Waals surface area contributed by atoms with Gasteiger partial charge in [-0.25, -0.2) is 0 Å². The summed E-state index contributed by atoms with van der Waals surface area (Å²) >= 11 is 0. The average molecular weight is 279 g/mol. The number of nitrogens with one attached hydrogen (secondary N) is 1. The highest BCUT2D eigenvalue weighted by atomic mass is 16.1. The molecular weight excluding hydrogens is 262 g/mol. The third-order valence-corrected chi connectivity index (χ3v) is 3.25. The van der Waals surface area contributed by atoms with Gasteiger partial charge in [0.1, 0.15) is 0 Å². The molecule has 0 saturated heterocycles. The molecule has 0 spiro atoms. The molecule has 0 unspecified atom stereocenters. The van der Waals surface area contributed by atoms with Crippen molar-refractivity contribution in [3.8, 4) is 6.07 Å². The van der Waals surface area contributed by atoms with Crippen LogP contribution in [0.1, 0.15) is 23.1 Å². The Morgan fingerprint density at radius 1 is 1.14 bits per heavy atom. The minimum Gasteiger partial charge on any atom is -0.399 e. The minimum atomic E-state index is -0.0115. The Morgan fingerprint density at radius 3 is 2.52 bits per heavy atom. The van der Waals surface area contributed by atoms with Crippen molar-refractivity contribution in [3.63, 3.8) is 0 Å². The van der Waals surface area contributed by atoms with Crippen LogP contribution in [0.3, 0.4) is 0 Å². The SMILES string of the molecule is N#Cc1ccc(CNC(=O)CCc2ccccc2N)cc1. The number of hydrogen-bond donors (Lipinski definition) is 2. The Kier molecular flexibility index (Phi) is 4.94. The van der Waals surface area contributed by atoms with E-state index in [2.05, 4.69) is 11.4 Å². The number of aryl methyl sites for hydroxylation is 1. The molecule has 0 saturated carbocycles. The summed E-state index contributed by atoms with van der Waals surface area (Å²) in [6, 6.07) is 16.8. The fraction of sp³-hybridized carbons (Fsp3) is 0.176. The predicted octanol–water partition coefficient (Wildman–Crippen LogP) is 2.39. The molecule has 0 fully saturated rings. The number of hydrogen-bond acceptors (Lipinski definition) is 3. The summed E-state index contributed by atoms with van der Waals surface area (Å²) in [5.74, 6) is -0.0115. The topological polar surface area (TPSA) is 78.9 Å². The zero-order chi connectivity index (χ0) is 15.1. The lowest BCUT2D eigenvalue weighted by Crippen LogP contribution is -2.23. The molecule has 0 atom stereocenters. The number of nitriles is 1. The molecule has 1 amide bonds. The van der Waals surface area contributed by atoms with E-state index in [0.717, 1.165) is 16.8 Å². The number of carbonyl (C=O) groups is 1. The summed E-state index contributed by atoms with van der Waals surface area (Å²) in [5, 5.41) is 11.6. The molecule has 0 aliphatic heterocycles. The number of nitrogens with two attached hydrogens (primary N) is 1. The predicted molar refractivity (Wildman–Crippen MR) is 82.2 cm³/mol. The Balaban J connectivity index is 1.79. The first-order valence-corrected chi connectivity index (χ1v) is 6.78. The van der Waals surface area contributed by atoms with Gasteiger partial charge in [-0.2, -0.15) is 5.26 Å². The van der Waals surface area contributed by atoms with Crippen molar-refractivity contribution < 1.29 is 4.79 Å². The molecule has 0 bridgehead atoms. The highest BCUT2D eigenvalue weighted by molar-refractivity contribution is 5.76. The number of amides is 1. The molecule has 2 aromatic carbocycles. The van der Waals surface area contributed by atoms with Crippen LogP contribution in [0.4, 0.5) is 5.69 Å². The van der Waals surface area contributed by atoms with Crippen molar-refractivity contribution in [2.24, 2.45) is 0 Å². The van der Waals surface area contributed by atoms with Crippen molar-refractivity contribution in [1.82, 2.24) is 5.32 Å². The molecule has 0 radical (unpaired) electrons. The molecule has 21 heavy (non-hydrogen) atoms. The number of carbonyl (C=O) groups excluding carboxylic acids is 1. The first-order valence-electron chi connectivity index (χ1n) is 6.78. The van der Waals surface area contributed by atoms with Crippen LogP contribution in [0.15, 0.2) is 48.5 Å². The minimum absolute atomic E-state index is 0.0115. The smallest absolute Gasteiger partial charge is 0.220 e. The zero-order valence-electron chi connectivity index (χ0n) is 11.7. The molecule has 2 aromatic rings. The van der Waals surface area contributed by atoms with Gasteiger partial charge in [0.25, 0.3) is 0 Å². The van der Waals surface area contributed by atoms with Crippen molar-refractivity contribution in [2.75, 3.05) is 5.73 Å². The van der Waals surface area contributed by atoms with E-state index >= 15 is 0 Å². The van der Waals surface area contributed by atoms with Crippen LogP contribution in [0.2, 0.25) is 0 Å². The second-order valence-electron chi connectivity index (χ2n) is 4.78. The summed E-state index contributed by atoms with van der Waals surface area (Å²) in [5.41, 5.74) is 9.14. The van der Waals surface area contributed by atoms with E-state index in [-0.39, 0.29) is 5.91 Å². The van der Waals surface area contributed by atoms with Crippen LogP contribution in [0.5, 0.6) is 0 Å². The van der Waals surface area contributed by atoms with Crippen LogP contribution in [-0.4, -0.2) is 5.91 Å². The van der Waals surface area contributed by atoms with E-state index in [4.69, 9.17) is 11.0 Å². The average Bonchev–Trinajstić information content (AvgIpc) is 2.52. The number of para-hydroxylation sites is 1. The maximum absolute atomic E-state index is 11.8. The maximum Gasteiger partial charge on any atom is 0.220 e. The van der Waals surface area contributed by atoms with Crippen molar-refractivity contribution in [1.29, 1.82) is 5.26 Å². The molecular formula is C17H17N3O. The summed E-state index contributed by atoms with van der Waals surface area (Å²) < 4.78 is 0. The molecule has 0 aliphatic rings. The molecule has 0 aromatic heterocycles. The second kappa shape index (κ2) is 7.11. The van der Waals surface area contributed by atoms with Gasteiger partial charge in [-0.15, -0.1) is 0 Å². The number of rotatable bonds is 5. The summed E-state index contributed by atoms with van der Waals surface area (Å²) in [7, 11) is 0. The number of nitrogen functional groups attached to an aromatic ring is 1. The molecule has 0 aliphatic carbocycles. The quantitative estimate of drug-likeness (QED) is 0.825. The lowest BCUT2D eigenvalue weighted by molar-refractivity contribution is -0.121. The first-order chi connectivity index (χ1) is 10.2. The normalized spacial score (nSPS) is 9.86. The zero-order valence-corrected chi connectivity index (χ0v) is 11.7. The highest BCUT2D eigenvalue weighted by Crippen LogP contribution is 2.12. The van der Waals surface area contributed by atoms with Gasteiger partial charge in [-0.05, 0) is 35.7 Å². The fourth-order valence-corrected chi connectivity index (χ4v) is 2.00. The van der Waals surface area contributed by atoms with E-state index in [0.29, 0.717) is 24.9 Å². The summed E-state index contributed by atoms with van der Waals surface area (Å²) in [6.45, 7) is 0.467. The van der Waals surface area contributed by atoms with Crippen LogP contribution in [0.25, 0.3) is 0 Å². The van der Waals surface area contributed by atoms with Gasteiger partial charge in [0.2, 0.25) is 5.91 Å². The van der Waals surface area contributed by atoms with Gasteiger partial charge in [0.05, 0.1) is 11.6 Å². The number of nitrogens with zero attached hydrogens (tertiary/aromatic N) is 1. The standard InChI is InChI=1S/C17H17N3O/c18-11-13-5-7-14(8-6-13)12-20-17(21)10-9-15-3-1-2-4-16(15)19/h1-8H,9-10,12,19H2,(H,20,21). The third-order valence-electron chi connectivity index (χ3n) is 3.25. The van der Waals surface area contributed by atoms with E-state index < -0.39 is 0 Å². The molecule has 0 heterocycles.